The van der Waals surface area contributed by atoms with Crippen molar-refractivity contribution in [3.63, 3.8) is 0 Å². The zero-order valence-electron chi connectivity index (χ0n) is 13.9. The summed E-state index contributed by atoms with van der Waals surface area (Å²) in [6, 6.07) is 8.78. The van der Waals surface area contributed by atoms with E-state index in [1.165, 1.54) is 0 Å². The maximum absolute atomic E-state index is 12.1. The van der Waals surface area contributed by atoms with Crippen LogP contribution in [-0.2, 0) is 6.54 Å². The summed E-state index contributed by atoms with van der Waals surface area (Å²) in [5, 5.41) is 5.58. The molecule has 4 rings (SSSR count). The Morgan fingerprint density at radius 1 is 1.15 bits per heavy atom. The van der Waals surface area contributed by atoms with Crippen molar-refractivity contribution in [3.05, 3.63) is 60.8 Å². The summed E-state index contributed by atoms with van der Waals surface area (Å²) in [7, 11) is 0. The Kier molecular flexibility index (Phi) is 4.38. The van der Waals surface area contributed by atoms with E-state index >= 15 is 0 Å². The van der Waals surface area contributed by atoms with Gasteiger partial charge in [0.05, 0.1) is 0 Å². The Morgan fingerprint density at radius 2 is 2.04 bits per heavy atom. The molecule has 0 bridgehead atoms. The van der Waals surface area contributed by atoms with Crippen LogP contribution in [0.1, 0.15) is 5.56 Å². The minimum Gasteiger partial charge on any atom is -0.486 e. The first kappa shape index (κ1) is 15.9. The maximum Gasteiger partial charge on any atom is 0.319 e. The van der Waals surface area contributed by atoms with Gasteiger partial charge in [0.2, 0.25) is 0 Å². The smallest absolute Gasteiger partial charge is 0.319 e. The second-order valence-corrected chi connectivity index (χ2v) is 5.66. The number of nitrogens with zero attached hydrogens (tertiary/aromatic N) is 3. The second-order valence-electron chi connectivity index (χ2n) is 5.66. The van der Waals surface area contributed by atoms with Gasteiger partial charge in [-0.05, 0) is 23.8 Å². The van der Waals surface area contributed by atoms with Gasteiger partial charge in [-0.1, -0.05) is 6.07 Å². The second kappa shape index (κ2) is 7.14. The third kappa shape index (κ3) is 3.59. The van der Waals surface area contributed by atoms with E-state index in [0.29, 0.717) is 36.9 Å². The van der Waals surface area contributed by atoms with Crippen molar-refractivity contribution >= 4 is 11.7 Å². The molecule has 1 aliphatic heterocycles. The normalized spacial score (nSPS) is 12.5. The highest BCUT2D eigenvalue weighted by atomic mass is 16.6. The number of hydrogen-bond donors (Lipinski definition) is 2. The zero-order valence-corrected chi connectivity index (χ0v) is 13.9. The van der Waals surface area contributed by atoms with Crippen LogP contribution in [0.15, 0.2) is 55.2 Å². The van der Waals surface area contributed by atoms with E-state index in [2.05, 4.69) is 20.6 Å². The van der Waals surface area contributed by atoms with E-state index in [1.807, 2.05) is 22.9 Å². The van der Waals surface area contributed by atoms with Crippen LogP contribution in [0.2, 0.25) is 0 Å². The summed E-state index contributed by atoms with van der Waals surface area (Å²) in [6.45, 7) is 1.41. The summed E-state index contributed by atoms with van der Waals surface area (Å²) in [4.78, 5) is 20.4. The van der Waals surface area contributed by atoms with Crippen molar-refractivity contribution in [2.24, 2.45) is 0 Å². The van der Waals surface area contributed by atoms with Crippen LogP contribution in [-0.4, -0.2) is 33.8 Å². The van der Waals surface area contributed by atoms with Crippen molar-refractivity contribution < 1.29 is 14.3 Å². The predicted molar refractivity (Wildman–Crippen MR) is 94.6 cm³/mol. The molecule has 132 valence electrons. The minimum absolute atomic E-state index is 0.305. The number of fused-ring (bicyclic) bond motifs is 1. The number of hydrogen-bond acceptors (Lipinski definition) is 5. The van der Waals surface area contributed by atoms with E-state index in [4.69, 9.17) is 9.47 Å². The molecule has 8 heteroatoms. The molecule has 3 heterocycles. The van der Waals surface area contributed by atoms with Crippen LogP contribution in [0.25, 0.3) is 5.82 Å². The van der Waals surface area contributed by atoms with Gasteiger partial charge in [-0.15, -0.1) is 0 Å². The highest BCUT2D eigenvalue weighted by molar-refractivity contribution is 5.89. The summed E-state index contributed by atoms with van der Waals surface area (Å²) in [6.07, 6.45) is 6.92. The lowest BCUT2D eigenvalue weighted by molar-refractivity contribution is 0.171. The molecular formula is C18H17N5O3. The topological polar surface area (TPSA) is 90.3 Å². The number of anilines is 1. The number of carbonyl (C=O) groups is 1. The van der Waals surface area contributed by atoms with Gasteiger partial charge < -0.3 is 20.1 Å². The van der Waals surface area contributed by atoms with Crippen LogP contribution < -0.4 is 20.1 Å². The van der Waals surface area contributed by atoms with Gasteiger partial charge in [0.1, 0.15) is 25.4 Å². The minimum atomic E-state index is -0.305. The molecule has 0 saturated heterocycles. The third-order valence-corrected chi connectivity index (χ3v) is 3.83. The van der Waals surface area contributed by atoms with E-state index < -0.39 is 0 Å². The molecule has 8 nitrogen and oxygen atoms in total. The molecule has 2 N–H and O–H groups in total. The molecule has 0 radical (unpaired) electrons. The number of urea groups is 1. The predicted octanol–water partition coefficient (Wildman–Crippen LogP) is 2.36. The number of carbonyl (C=O) groups excluding carboxylic acids is 1. The van der Waals surface area contributed by atoms with Crippen LogP contribution in [0.5, 0.6) is 11.5 Å². The van der Waals surface area contributed by atoms with Crippen molar-refractivity contribution in [2.75, 3.05) is 18.5 Å². The summed E-state index contributed by atoms with van der Waals surface area (Å²) < 4.78 is 12.8. The van der Waals surface area contributed by atoms with E-state index in [1.54, 1.807) is 36.9 Å². The number of aromatic nitrogens is 3. The number of amides is 2. The fourth-order valence-electron chi connectivity index (χ4n) is 2.55. The Bertz CT molecular complexity index is 894. The molecule has 0 aliphatic carbocycles. The lowest BCUT2D eigenvalue weighted by atomic mass is 10.2. The summed E-state index contributed by atoms with van der Waals surface area (Å²) in [5.74, 6) is 2.09. The first-order chi connectivity index (χ1) is 12.8. The van der Waals surface area contributed by atoms with Gasteiger partial charge in [-0.2, -0.15) is 0 Å². The monoisotopic (exact) mass is 351 g/mol. The number of rotatable bonds is 4. The molecule has 0 atom stereocenters. The molecule has 2 amide bonds. The van der Waals surface area contributed by atoms with Crippen molar-refractivity contribution in [3.8, 4) is 17.3 Å². The van der Waals surface area contributed by atoms with Crippen LogP contribution >= 0.6 is 0 Å². The first-order valence-corrected chi connectivity index (χ1v) is 8.16. The quantitative estimate of drug-likeness (QED) is 0.753. The third-order valence-electron chi connectivity index (χ3n) is 3.83. The average Bonchev–Trinajstić information content (AvgIpc) is 3.21. The Hall–Kier alpha value is -3.55. The molecule has 0 unspecified atom stereocenters. The van der Waals surface area contributed by atoms with Gasteiger partial charge in [0.25, 0.3) is 0 Å². The molecule has 0 spiro atoms. The van der Waals surface area contributed by atoms with Crippen LogP contribution in [0.4, 0.5) is 10.5 Å². The van der Waals surface area contributed by atoms with Gasteiger partial charge in [0, 0.05) is 36.9 Å². The first-order valence-electron chi connectivity index (χ1n) is 8.16. The molecule has 1 aromatic carbocycles. The zero-order chi connectivity index (χ0) is 17.8. The summed E-state index contributed by atoms with van der Waals surface area (Å²) >= 11 is 0. The molecule has 0 saturated carbocycles. The fourth-order valence-corrected chi connectivity index (χ4v) is 2.55. The largest absolute Gasteiger partial charge is 0.486 e. The van der Waals surface area contributed by atoms with E-state index in [-0.39, 0.29) is 6.03 Å². The molecule has 0 fully saturated rings. The molecular weight excluding hydrogens is 334 g/mol. The number of imidazole rings is 1. The number of benzene rings is 1. The Labute approximate surface area is 149 Å². The highest BCUT2D eigenvalue weighted by Gasteiger charge is 2.12. The van der Waals surface area contributed by atoms with E-state index in [0.717, 1.165) is 11.4 Å². The number of nitrogens with one attached hydrogen (secondary N) is 2. The SMILES string of the molecule is O=C(NCc1ccc(-n2ccnc2)nc1)Nc1ccc2c(c1)OCCO2. The average molecular weight is 351 g/mol. The summed E-state index contributed by atoms with van der Waals surface area (Å²) in [5.41, 5.74) is 1.53. The lowest BCUT2D eigenvalue weighted by Crippen LogP contribution is -2.28. The van der Waals surface area contributed by atoms with Gasteiger partial charge >= 0.3 is 6.03 Å². The molecule has 1 aliphatic rings. The van der Waals surface area contributed by atoms with Crippen molar-refractivity contribution in [2.45, 2.75) is 6.54 Å². The van der Waals surface area contributed by atoms with Gasteiger partial charge in [-0.25, -0.2) is 14.8 Å². The lowest BCUT2D eigenvalue weighted by Gasteiger charge is -2.19. The van der Waals surface area contributed by atoms with Gasteiger partial charge in [-0.3, -0.25) is 4.57 Å². The van der Waals surface area contributed by atoms with Crippen molar-refractivity contribution in [1.82, 2.24) is 19.9 Å². The van der Waals surface area contributed by atoms with E-state index in [9.17, 15) is 4.79 Å². The Balaban J connectivity index is 1.32. The van der Waals surface area contributed by atoms with Crippen LogP contribution in [0.3, 0.4) is 0 Å². The standard InChI is InChI=1S/C18H17N5O3/c24-18(22-14-2-3-15-16(9-14)26-8-7-25-15)21-11-13-1-4-17(20-10-13)23-6-5-19-12-23/h1-6,9-10,12H,7-8,11H2,(H2,21,22,24). The molecule has 26 heavy (non-hydrogen) atoms. The number of ether oxygens (including phenoxy) is 2. The van der Waals surface area contributed by atoms with Crippen LogP contribution in [0, 0.1) is 0 Å². The van der Waals surface area contributed by atoms with Crippen molar-refractivity contribution in [1.29, 1.82) is 0 Å². The molecule has 3 aromatic rings. The maximum atomic E-state index is 12.1. The number of pyridine rings is 1. The van der Waals surface area contributed by atoms with Gasteiger partial charge in [0.15, 0.2) is 11.5 Å². The highest BCUT2D eigenvalue weighted by Crippen LogP contribution is 2.32. The molecule has 2 aromatic heterocycles. The fraction of sp³-hybridized carbons (Fsp3) is 0.167. The Morgan fingerprint density at radius 3 is 2.81 bits per heavy atom.